The number of hydrogen-bond donors (Lipinski definition) is 1. The number of rotatable bonds is 5. The van der Waals surface area contributed by atoms with Crippen LogP contribution in [-0.2, 0) is 20.4 Å². The Morgan fingerprint density at radius 3 is 2.19 bits per heavy atom. The molecule has 1 N–H and O–H groups in total. The molecule has 0 radical (unpaired) electrons. The van der Waals surface area contributed by atoms with Gasteiger partial charge in [-0.25, -0.2) is 0 Å². The molecule has 0 bridgehead atoms. The highest BCUT2D eigenvalue weighted by Gasteiger charge is 2.47. The molecule has 2 fully saturated rings. The lowest BCUT2D eigenvalue weighted by Crippen LogP contribution is -2.49. The average Bonchev–Trinajstić information content (AvgIpc) is 3.49. The summed E-state index contributed by atoms with van der Waals surface area (Å²) < 4.78 is 6.59. The van der Waals surface area contributed by atoms with Crippen molar-refractivity contribution in [2.45, 2.75) is 36.5 Å². The third-order valence-corrected chi connectivity index (χ3v) is 6.53. The Kier molecular flexibility index (Phi) is 4.89. The Morgan fingerprint density at radius 2 is 1.58 bits per heavy atom. The van der Waals surface area contributed by atoms with E-state index in [1.807, 2.05) is 18.2 Å². The first-order chi connectivity index (χ1) is 12.6. The molecule has 2 aromatic rings. The van der Waals surface area contributed by atoms with Crippen LogP contribution in [0.5, 0.6) is 0 Å². The van der Waals surface area contributed by atoms with E-state index in [4.69, 9.17) is 4.74 Å². The van der Waals surface area contributed by atoms with E-state index < -0.39 is 5.41 Å². The van der Waals surface area contributed by atoms with Crippen molar-refractivity contribution in [1.29, 1.82) is 0 Å². The normalized spacial score (nSPS) is 20.3. The predicted molar refractivity (Wildman–Crippen MR) is 106 cm³/mol. The second-order valence-electron chi connectivity index (χ2n) is 7.53. The molecule has 1 saturated carbocycles. The van der Waals surface area contributed by atoms with Gasteiger partial charge in [-0.15, -0.1) is 0 Å². The Hall–Kier alpha value is -1.65. The monoisotopic (exact) mass is 413 g/mol. The fraction of sp³-hybridized carbons (Fsp3) is 0.409. The number of amides is 1. The number of hydrogen-bond acceptors (Lipinski definition) is 2. The Balaban J connectivity index is 1.53. The van der Waals surface area contributed by atoms with Crippen molar-refractivity contribution >= 4 is 21.8 Å². The van der Waals surface area contributed by atoms with E-state index in [9.17, 15) is 4.79 Å². The van der Waals surface area contributed by atoms with Gasteiger partial charge in [0.05, 0.1) is 5.41 Å². The smallest absolute Gasteiger partial charge is 0.230 e. The third kappa shape index (κ3) is 3.33. The molecule has 4 rings (SSSR count). The van der Waals surface area contributed by atoms with Crippen LogP contribution in [0.25, 0.3) is 0 Å². The summed E-state index contributed by atoms with van der Waals surface area (Å²) >= 11 is 3.49. The Morgan fingerprint density at radius 1 is 0.923 bits per heavy atom. The van der Waals surface area contributed by atoms with Crippen LogP contribution in [0.2, 0.25) is 0 Å². The topological polar surface area (TPSA) is 38.3 Å². The molecule has 4 heteroatoms. The maximum Gasteiger partial charge on any atom is 0.230 e. The van der Waals surface area contributed by atoms with Crippen LogP contribution < -0.4 is 5.32 Å². The van der Waals surface area contributed by atoms with E-state index in [1.165, 1.54) is 5.56 Å². The first kappa shape index (κ1) is 17.7. The van der Waals surface area contributed by atoms with Crippen molar-refractivity contribution in [3.05, 3.63) is 70.2 Å². The van der Waals surface area contributed by atoms with Gasteiger partial charge >= 0.3 is 0 Å². The molecular formula is C22H24BrNO2. The predicted octanol–water partition coefficient (Wildman–Crippen LogP) is 4.35. The van der Waals surface area contributed by atoms with Crippen molar-refractivity contribution in [2.75, 3.05) is 19.8 Å². The van der Waals surface area contributed by atoms with E-state index in [-0.39, 0.29) is 11.3 Å². The zero-order valence-corrected chi connectivity index (χ0v) is 16.4. The zero-order valence-electron chi connectivity index (χ0n) is 14.8. The molecular weight excluding hydrogens is 390 g/mol. The van der Waals surface area contributed by atoms with E-state index >= 15 is 0 Å². The molecule has 1 heterocycles. The number of ether oxygens (including phenoxy) is 1. The average molecular weight is 414 g/mol. The summed E-state index contributed by atoms with van der Waals surface area (Å²) in [6.45, 7) is 1.98. The lowest BCUT2D eigenvalue weighted by atomic mass is 9.73. The fourth-order valence-corrected chi connectivity index (χ4v) is 4.33. The van der Waals surface area contributed by atoms with Gasteiger partial charge in [0.2, 0.25) is 5.91 Å². The van der Waals surface area contributed by atoms with E-state index in [0.29, 0.717) is 13.2 Å². The fourth-order valence-electron chi connectivity index (χ4n) is 4.06. The van der Waals surface area contributed by atoms with Gasteiger partial charge in [-0.05, 0) is 48.9 Å². The first-order valence-electron chi connectivity index (χ1n) is 9.32. The van der Waals surface area contributed by atoms with Gasteiger partial charge in [-0.2, -0.15) is 0 Å². The van der Waals surface area contributed by atoms with Gasteiger partial charge in [-0.3, -0.25) is 4.79 Å². The molecule has 1 aliphatic heterocycles. The zero-order chi connectivity index (χ0) is 18.0. The van der Waals surface area contributed by atoms with Gasteiger partial charge < -0.3 is 10.1 Å². The van der Waals surface area contributed by atoms with Crippen molar-refractivity contribution in [2.24, 2.45) is 0 Å². The maximum absolute atomic E-state index is 13.3. The minimum atomic E-state index is -0.480. The number of halogens is 1. The molecule has 0 spiro atoms. The molecule has 26 heavy (non-hydrogen) atoms. The van der Waals surface area contributed by atoms with Crippen LogP contribution in [0.3, 0.4) is 0 Å². The molecule has 0 atom stereocenters. The SMILES string of the molecule is O=C(NCC1(c2ccccc2)CC1)C1(c2ccc(Br)cc2)CCOCC1. The van der Waals surface area contributed by atoms with E-state index in [2.05, 4.69) is 57.6 Å². The van der Waals surface area contributed by atoms with Crippen molar-refractivity contribution in [3.8, 4) is 0 Å². The van der Waals surface area contributed by atoms with Crippen molar-refractivity contribution < 1.29 is 9.53 Å². The molecule has 1 amide bonds. The Bertz CT molecular complexity index is 762. The van der Waals surface area contributed by atoms with Gasteiger partial charge in [0.25, 0.3) is 0 Å². The van der Waals surface area contributed by atoms with Crippen LogP contribution >= 0.6 is 15.9 Å². The molecule has 0 unspecified atom stereocenters. The number of benzene rings is 2. The molecule has 0 aromatic heterocycles. The highest BCUT2D eigenvalue weighted by Crippen LogP contribution is 2.47. The van der Waals surface area contributed by atoms with Crippen molar-refractivity contribution in [1.82, 2.24) is 5.32 Å². The summed E-state index contributed by atoms with van der Waals surface area (Å²) in [5.41, 5.74) is 2.07. The summed E-state index contributed by atoms with van der Waals surface area (Å²) in [5.74, 6) is 0.144. The van der Waals surface area contributed by atoms with Gasteiger partial charge in [-0.1, -0.05) is 58.4 Å². The number of nitrogens with one attached hydrogen (secondary N) is 1. The molecule has 2 aromatic carbocycles. The minimum absolute atomic E-state index is 0.128. The van der Waals surface area contributed by atoms with E-state index in [1.54, 1.807) is 0 Å². The summed E-state index contributed by atoms with van der Waals surface area (Å²) in [4.78, 5) is 13.3. The first-order valence-corrected chi connectivity index (χ1v) is 10.1. The largest absolute Gasteiger partial charge is 0.381 e. The van der Waals surface area contributed by atoms with Crippen LogP contribution in [-0.4, -0.2) is 25.7 Å². The molecule has 2 aliphatic rings. The Labute approximate surface area is 163 Å². The van der Waals surface area contributed by atoms with Gasteiger partial charge in [0.1, 0.15) is 0 Å². The maximum atomic E-state index is 13.3. The summed E-state index contributed by atoms with van der Waals surface area (Å²) in [7, 11) is 0. The quantitative estimate of drug-likeness (QED) is 0.791. The summed E-state index contributed by atoms with van der Waals surface area (Å²) in [6, 6.07) is 18.7. The van der Waals surface area contributed by atoms with Crippen LogP contribution in [0.15, 0.2) is 59.1 Å². The van der Waals surface area contributed by atoms with Gasteiger partial charge in [0.15, 0.2) is 0 Å². The highest BCUT2D eigenvalue weighted by atomic mass is 79.9. The van der Waals surface area contributed by atoms with E-state index in [0.717, 1.165) is 42.3 Å². The summed E-state index contributed by atoms with van der Waals surface area (Å²) in [6.07, 6.45) is 3.76. The lowest BCUT2D eigenvalue weighted by molar-refractivity contribution is -0.130. The number of carbonyl (C=O) groups is 1. The van der Waals surface area contributed by atoms with Crippen molar-refractivity contribution in [3.63, 3.8) is 0 Å². The molecule has 136 valence electrons. The highest BCUT2D eigenvalue weighted by molar-refractivity contribution is 9.10. The second kappa shape index (κ2) is 7.16. The standard InChI is InChI=1S/C22H24BrNO2/c23-19-8-6-18(7-9-19)22(12-14-26-15-13-22)20(25)24-16-21(10-11-21)17-4-2-1-3-5-17/h1-9H,10-16H2,(H,24,25). The van der Waals surface area contributed by atoms with Crippen LogP contribution in [0.1, 0.15) is 36.8 Å². The molecule has 1 saturated heterocycles. The van der Waals surface area contributed by atoms with Gasteiger partial charge in [0, 0.05) is 29.6 Å². The molecule has 3 nitrogen and oxygen atoms in total. The third-order valence-electron chi connectivity index (χ3n) is 6.00. The molecule has 1 aliphatic carbocycles. The number of carbonyl (C=O) groups excluding carboxylic acids is 1. The summed E-state index contributed by atoms with van der Waals surface area (Å²) in [5, 5.41) is 3.30. The lowest BCUT2D eigenvalue weighted by Gasteiger charge is -2.36. The second-order valence-corrected chi connectivity index (χ2v) is 8.45. The van der Waals surface area contributed by atoms with Crippen LogP contribution in [0, 0.1) is 0 Å². The van der Waals surface area contributed by atoms with Crippen LogP contribution in [0.4, 0.5) is 0 Å². The minimum Gasteiger partial charge on any atom is -0.381 e.